The van der Waals surface area contributed by atoms with Gasteiger partial charge in [0, 0.05) is 35.0 Å². The Morgan fingerprint density at radius 3 is 2.10 bits per heavy atom. The van der Waals surface area contributed by atoms with Gasteiger partial charge in [-0.05, 0) is 73.7 Å². The predicted octanol–water partition coefficient (Wildman–Crippen LogP) is 3.71. The zero-order valence-corrected chi connectivity index (χ0v) is 17.7. The average molecular weight is 405 g/mol. The molecule has 6 heteroatoms. The van der Waals surface area contributed by atoms with Gasteiger partial charge in [-0.25, -0.2) is 4.99 Å². The summed E-state index contributed by atoms with van der Waals surface area (Å²) in [6.45, 7) is 7.26. The highest BCUT2D eigenvalue weighted by atomic mass is 16.3. The van der Waals surface area contributed by atoms with E-state index in [1.54, 1.807) is 12.1 Å². The van der Waals surface area contributed by atoms with Crippen molar-refractivity contribution in [3.05, 3.63) is 75.1 Å². The van der Waals surface area contributed by atoms with Crippen LogP contribution in [-0.4, -0.2) is 28.3 Å². The Hall–Kier alpha value is -3.38. The van der Waals surface area contributed by atoms with Crippen molar-refractivity contribution < 1.29 is 15.0 Å². The van der Waals surface area contributed by atoms with E-state index in [2.05, 4.69) is 4.99 Å². The van der Waals surface area contributed by atoms with Crippen LogP contribution in [0.15, 0.2) is 52.2 Å². The first-order chi connectivity index (χ1) is 14.1. The maximum absolute atomic E-state index is 12.7. The molecule has 0 radical (unpaired) electrons. The lowest BCUT2D eigenvalue weighted by Gasteiger charge is -2.20. The predicted molar refractivity (Wildman–Crippen MR) is 121 cm³/mol. The standard InChI is InChI=1S/C24H27N3O3/c1-12-13(2)19(25)6-5-16(12)9-17-18(11-28)24(23(30)10-22(17)29)27-21-8-7-20(26)14(3)15(21)4/h5-8,10,28-29H,9,11,25-26H2,1-4H3. The van der Waals surface area contributed by atoms with Crippen LogP contribution in [0.4, 0.5) is 17.1 Å². The smallest absolute Gasteiger partial charge is 0.208 e. The van der Waals surface area contributed by atoms with E-state index in [0.29, 0.717) is 34.6 Å². The summed E-state index contributed by atoms with van der Waals surface area (Å²) >= 11 is 0. The molecular weight excluding hydrogens is 378 g/mol. The Bertz CT molecular complexity index is 1140. The van der Waals surface area contributed by atoms with Crippen molar-refractivity contribution in [1.82, 2.24) is 0 Å². The van der Waals surface area contributed by atoms with E-state index in [0.717, 1.165) is 33.9 Å². The molecule has 0 spiro atoms. The number of carbonyl (C=O) groups excluding carboxylic acids is 1. The topological polar surface area (TPSA) is 122 Å². The molecule has 1 aliphatic rings. The number of anilines is 2. The van der Waals surface area contributed by atoms with Crippen molar-refractivity contribution in [1.29, 1.82) is 0 Å². The molecule has 0 aliphatic heterocycles. The van der Waals surface area contributed by atoms with Crippen LogP contribution in [0, 0.1) is 27.7 Å². The van der Waals surface area contributed by atoms with Crippen LogP contribution in [-0.2, 0) is 11.2 Å². The lowest BCUT2D eigenvalue weighted by atomic mass is 9.87. The minimum absolute atomic E-state index is 0.127. The van der Waals surface area contributed by atoms with Crippen LogP contribution in [0.5, 0.6) is 0 Å². The largest absolute Gasteiger partial charge is 0.508 e. The molecular formula is C24H27N3O3. The average Bonchev–Trinajstić information content (AvgIpc) is 2.71. The van der Waals surface area contributed by atoms with Crippen LogP contribution in [0.1, 0.15) is 27.8 Å². The number of benzene rings is 2. The highest BCUT2D eigenvalue weighted by Gasteiger charge is 2.27. The summed E-state index contributed by atoms with van der Waals surface area (Å²) in [4.78, 5) is 17.2. The van der Waals surface area contributed by atoms with Gasteiger partial charge >= 0.3 is 0 Å². The second kappa shape index (κ2) is 8.16. The van der Waals surface area contributed by atoms with Crippen molar-refractivity contribution in [3.8, 4) is 0 Å². The molecule has 0 aromatic heterocycles. The number of aliphatic imine (C=N–C) groups is 1. The summed E-state index contributed by atoms with van der Waals surface area (Å²) in [6, 6.07) is 7.21. The molecule has 3 rings (SSSR count). The normalized spacial score (nSPS) is 15.7. The monoisotopic (exact) mass is 405 g/mol. The maximum atomic E-state index is 12.7. The van der Waals surface area contributed by atoms with Gasteiger partial charge in [0.25, 0.3) is 0 Å². The minimum atomic E-state index is -0.445. The van der Waals surface area contributed by atoms with Crippen LogP contribution in [0.2, 0.25) is 0 Å². The van der Waals surface area contributed by atoms with Gasteiger partial charge in [-0.1, -0.05) is 6.07 Å². The lowest BCUT2D eigenvalue weighted by Crippen LogP contribution is -2.25. The summed E-state index contributed by atoms with van der Waals surface area (Å²) in [5.74, 6) is -0.596. The molecule has 1 aliphatic carbocycles. The Balaban J connectivity index is 2.14. The number of ketones is 1. The highest BCUT2D eigenvalue weighted by Crippen LogP contribution is 2.31. The number of nitrogens with two attached hydrogens (primary N) is 2. The number of rotatable bonds is 4. The Kier molecular flexibility index (Phi) is 5.80. The summed E-state index contributed by atoms with van der Waals surface area (Å²) in [5, 5.41) is 20.6. The van der Waals surface area contributed by atoms with Crippen molar-refractivity contribution >= 4 is 28.6 Å². The molecule has 0 amide bonds. The molecule has 156 valence electrons. The molecule has 6 nitrogen and oxygen atoms in total. The third kappa shape index (κ3) is 3.74. The molecule has 0 saturated heterocycles. The maximum Gasteiger partial charge on any atom is 0.208 e. The first-order valence-corrected chi connectivity index (χ1v) is 9.73. The molecule has 0 unspecified atom stereocenters. The van der Waals surface area contributed by atoms with Crippen LogP contribution < -0.4 is 11.5 Å². The van der Waals surface area contributed by atoms with E-state index in [1.165, 1.54) is 0 Å². The van der Waals surface area contributed by atoms with Crippen molar-refractivity contribution in [2.45, 2.75) is 34.1 Å². The van der Waals surface area contributed by atoms with Gasteiger partial charge in [-0.3, -0.25) is 4.79 Å². The van der Waals surface area contributed by atoms with Crippen molar-refractivity contribution in [2.75, 3.05) is 18.1 Å². The van der Waals surface area contributed by atoms with Crippen LogP contribution in [0.25, 0.3) is 0 Å². The molecule has 0 fully saturated rings. The SMILES string of the molecule is Cc1c(N)ccc(CC2=C(CO)C(=Nc3ccc(N)c(C)c3C)C(=O)C=C2O)c1C. The Morgan fingerprint density at radius 1 is 0.867 bits per heavy atom. The summed E-state index contributed by atoms with van der Waals surface area (Å²) in [6.07, 6.45) is 1.50. The van der Waals surface area contributed by atoms with Gasteiger partial charge in [-0.2, -0.15) is 0 Å². The number of allylic oxidation sites excluding steroid dienone is 2. The Labute approximate surface area is 176 Å². The summed E-state index contributed by atoms with van der Waals surface area (Å²) in [5.41, 5.74) is 19.5. The van der Waals surface area contributed by atoms with Crippen molar-refractivity contribution in [3.63, 3.8) is 0 Å². The van der Waals surface area contributed by atoms with E-state index in [1.807, 2.05) is 39.8 Å². The number of nitrogen functional groups attached to an aromatic ring is 2. The molecule has 2 aromatic rings. The van der Waals surface area contributed by atoms with E-state index >= 15 is 0 Å². The van der Waals surface area contributed by atoms with Crippen LogP contribution in [0.3, 0.4) is 0 Å². The minimum Gasteiger partial charge on any atom is -0.508 e. The van der Waals surface area contributed by atoms with E-state index in [9.17, 15) is 15.0 Å². The number of carbonyl (C=O) groups is 1. The fraction of sp³-hybridized carbons (Fsp3) is 0.250. The summed E-state index contributed by atoms with van der Waals surface area (Å²) in [7, 11) is 0. The number of hydrogen-bond acceptors (Lipinski definition) is 6. The molecule has 0 atom stereocenters. The molecule has 0 heterocycles. The number of aliphatic hydroxyl groups is 2. The molecule has 0 bridgehead atoms. The lowest BCUT2D eigenvalue weighted by molar-refractivity contribution is -0.109. The van der Waals surface area contributed by atoms with Gasteiger partial charge in [0.1, 0.15) is 11.5 Å². The van der Waals surface area contributed by atoms with Gasteiger partial charge in [0.05, 0.1) is 12.3 Å². The molecule has 6 N–H and O–H groups in total. The van der Waals surface area contributed by atoms with Crippen molar-refractivity contribution in [2.24, 2.45) is 4.99 Å². The van der Waals surface area contributed by atoms with Crippen LogP contribution >= 0.6 is 0 Å². The van der Waals surface area contributed by atoms with Gasteiger partial charge in [-0.15, -0.1) is 0 Å². The second-order valence-corrected chi connectivity index (χ2v) is 7.63. The Morgan fingerprint density at radius 2 is 1.47 bits per heavy atom. The zero-order chi connectivity index (χ0) is 22.2. The number of aliphatic hydroxyl groups excluding tert-OH is 2. The summed E-state index contributed by atoms with van der Waals surface area (Å²) < 4.78 is 0. The zero-order valence-electron chi connectivity index (χ0n) is 17.7. The fourth-order valence-corrected chi connectivity index (χ4v) is 3.56. The highest BCUT2D eigenvalue weighted by molar-refractivity contribution is 6.51. The molecule has 0 saturated carbocycles. The van der Waals surface area contributed by atoms with E-state index < -0.39 is 12.4 Å². The first-order valence-electron chi connectivity index (χ1n) is 9.73. The van der Waals surface area contributed by atoms with Gasteiger partial charge < -0.3 is 21.7 Å². The second-order valence-electron chi connectivity index (χ2n) is 7.63. The fourth-order valence-electron chi connectivity index (χ4n) is 3.56. The first kappa shape index (κ1) is 21.3. The molecule has 2 aromatic carbocycles. The third-order valence-electron chi connectivity index (χ3n) is 5.96. The number of hydrogen-bond donors (Lipinski definition) is 4. The van der Waals surface area contributed by atoms with E-state index in [4.69, 9.17) is 11.5 Å². The van der Waals surface area contributed by atoms with E-state index in [-0.39, 0.29) is 11.5 Å². The number of nitrogens with zero attached hydrogens (tertiary/aromatic N) is 1. The third-order valence-corrected chi connectivity index (χ3v) is 5.96. The van der Waals surface area contributed by atoms with Gasteiger partial charge in [0.2, 0.25) is 5.78 Å². The quantitative estimate of drug-likeness (QED) is 0.456. The van der Waals surface area contributed by atoms with Gasteiger partial charge in [0.15, 0.2) is 0 Å². The molecule has 30 heavy (non-hydrogen) atoms.